The maximum atomic E-state index is 11.3. The Morgan fingerprint density at radius 3 is 2.38 bits per heavy atom. The van der Waals surface area contributed by atoms with Crippen molar-refractivity contribution in [2.24, 2.45) is 5.41 Å². The summed E-state index contributed by atoms with van der Waals surface area (Å²) >= 11 is 0. The highest BCUT2D eigenvalue weighted by Crippen LogP contribution is 2.26. The average molecular weight is 188 g/mol. The number of carbonyl (C=O) groups is 2. The number of hydrogen-bond donors (Lipinski definition) is 3. The normalized spacial score (nSPS) is 18.6. The SMILES string of the molecule is CC(=O)NNC(=O)C1(CO)COC1. The number of rotatable bonds is 2. The van der Waals surface area contributed by atoms with Gasteiger partial charge >= 0.3 is 0 Å². The van der Waals surface area contributed by atoms with Crippen LogP contribution in [0.3, 0.4) is 0 Å². The maximum Gasteiger partial charge on any atom is 0.251 e. The summed E-state index contributed by atoms with van der Waals surface area (Å²) in [6, 6.07) is 0. The first-order chi connectivity index (χ1) is 6.10. The minimum absolute atomic E-state index is 0.189. The molecule has 0 spiro atoms. The fourth-order valence-electron chi connectivity index (χ4n) is 0.920. The van der Waals surface area contributed by atoms with Crippen LogP contribution in [0.5, 0.6) is 0 Å². The van der Waals surface area contributed by atoms with Crippen molar-refractivity contribution in [2.45, 2.75) is 6.92 Å². The van der Waals surface area contributed by atoms with Crippen LogP contribution in [0.1, 0.15) is 6.92 Å². The standard InChI is InChI=1S/C7H12N2O4/c1-5(11)8-9-6(12)7(2-10)3-13-4-7/h10H,2-4H2,1H3,(H,8,11)(H,9,12). The fraction of sp³-hybridized carbons (Fsp3) is 0.714. The number of hydrazine groups is 1. The fourth-order valence-corrected chi connectivity index (χ4v) is 0.920. The molecule has 3 N–H and O–H groups in total. The molecule has 1 saturated heterocycles. The van der Waals surface area contributed by atoms with E-state index in [-0.39, 0.29) is 25.7 Å². The number of aliphatic hydroxyl groups is 1. The molecule has 0 bridgehead atoms. The Morgan fingerprint density at radius 1 is 1.46 bits per heavy atom. The summed E-state index contributed by atoms with van der Waals surface area (Å²) in [5.74, 6) is -0.780. The Balaban J connectivity index is 2.41. The summed E-state index contributed by atoms with van der Waals surface area (Å²) < 4.78 is 4.82. The van der Waals surface area contributed by atoms with Crippen molar-refractivity contribution in [3.8, 4) is 0 Å². The second kappa shape index (κ2) is 3.71. The molecule has 0 aromatic heterocycles. The first-order valence-corrected chi connectivity index (χ1v) is 3.86. The van der Waals surface area contributed by atoms with E-state index < -0.39 is 11.3 Å². The molecular formula is C7H12N2O4. The smallest absolute Gasteiger partial charge is 0.251 e. The topological polar surface area (TPSA) is 87.7 Å². The van der Waals surface area contributed by atoms with Crippen LogP contribution in [-0.2, 0) is 14.3 Å². The Bertz CT molecular complexity index is 219. The molecule has 0 unspecified atom stereocenters. The predicted molar refractivity (Wildman–Crippen MR) is 42.3 cm³/mol. The minimum Gasteiger partial charge on any atom is -0.395 e. The van der Waals surface area contributed by atoms with Gasteiger partial charge in [-0.05, 0) is 0 Å². The van der Waals surface area contributed by atoms with Crippen LogP contribution in [0.15, 0.2) is 0 Å². The molecule has 1 aliphatic rings. The van der Waals surface area contributed by atoms with Crippen molar-refractivity contribution in [3.05, 3.63) is 0 Å². The zero-order valence-corrected chi connectivity index (χ0v) is 7.29. The molecule has 74 valence electrons. The van der Waals surface area contributed by atoms with Gasteiger partial charge in [-0.15, -0.1) is 0 Å². The van der Waals surface area contributed by atoms with E-state index in [2.05, 4.69) is 10.9 Å². The van der Waals surface area contributed by atoms with Crippen LogP contribution < -0.4 is 10.9 Å². The van der Waals surface area contributed by atoms with Gasteiger partial charge in [-0.1, -0.05) is 0 Å². The molecular weight excluding hydrogens is 176 g/mol. The van der Waals surface area contributed by atoms with Crippen molar-refractivity contribution in [1.29, 1.82) is 0 Å². The molecule has 1 heterocycles. The minimum atomic E-state index is -0.873. The van der Waals surface area contributed by atoms with Crippen molar-refractivity contribution < 1.29 is 19.4 Å². The van der Waals surface area contributed by atoms with E-state index in [9.17, 15) is 9.59 Å². The van der Waals surface area contributed by atoms with Crippen LogP contribution in [0.4, 0.5) is 0 Å². The number of amides is 2. The Kier molecular flexibility index (Phi) is 2.84. The third kappa shape index (κ3) is 1.96. The molecule has 13 heavy (non-hydrogen) atoms. The summed E-state index contributed by atoms with van der Waals surface area (Å²) in [6.45, 7) is 1.38. The van der Waals surface area contributed by atoms with E-state index in [0.29, 0.717) is 0 Å². The van der Waals surface area contributed by atoms with Gasteiger partial charge < -0.3 is 9.84 Å². The van der Waals surface area contributed by atoms with Crippen molar-refractivity contribution >= 4 is 11.8 Å². The number of ether oxygens (including phenoxy) is 1. The lowest BCUT2D eigenvalue weighted by atomic mass is 9.86. The molecule has 0 atom stereocenters. The van der Waals surface area contributed by atoms with Gasteiger partial charge in [0.15, 0.2) is 0 Å². The van der Waals surface area contributed by atoms with Crippen molar-refractivity contribution in [2.75, 3.05) is 19.8 Å². The Labute approximate surface area is 75.2 Å². The van der Waals surface area contributed by atoms with Gasteiger partial charge in [0.25, 0.3) is 5.91 Å². The lowest BCUT2D eigenvalue weighted by molar-refractivity contribution is -0.171. The highest BCUT2D eigenvalue weighted by atomic mass is 16.5. The van der Waals surface area contributed by atoms with E-state index >= 15 is 0 Å². The van der Waals surface area contributed by atoms with Crippen LogP contribution >= 0.6 is 0 Å². The lowest BCUT2D eigenvalue weighted by Crippen LogP contribution is -2.59. The summed E-state index contributed by atoms with van der Waals surface area (Å²) in [7, 11) is 0. The Morgan fingerprint density at radius 2 is 2.08 bits per heavy atom. The first-order valence-electron chi connectivity index (χ1n) is 3.86. The summed E-state index contributed by atoms with van der Waals surface area (Å²) in [4.78, 5) is 21.8. The molecule has 1 aliphatic heterocycles. The largest absolute Gasteiger partial charge is 0.395 e. The van der Waals surface area contributed by atoms with Gasteiger partial charge in [0.05, 0.1) is 19.8 Å². The van der Waals surface area contributed by atoms with E-state index in [1.54, 1.807) is 0 Å². The molecule has 2 amide bonds. The number of carbonyl (C=O) groups excluding carboxylic acids is 2. The maximum absolute atomic E-state index is 11.3. The lowest BCUT2D eigenvalue weighted by Gasteiger charge is -2.37. The zero-order chi connectivity index (χ0) is 9.90. The quantitative estimate of drug-likeness (QED) is 0.444. The molecule has 6 nitrogen and oxygen atoms in total. The van der Waals surface area contributed by atoms with Gasteiger partial charge in [0, 0.05) is 6.92 Å². The summed E-state index contributed by atoms with van der Waals surface area (Å²) in [6.07, 6.45) is 0. The molecule has 0 aromatic carbocycles. The second-order valence-electron chi connectivity index (χ2n) is 3.07. The highest BCUT2D eigenvalue weighted by molar-refractivity contribution is 5.86. The first kappa shape index (κ1) is 9.94. The van der Waals surface area contributed by atoms with Crippen LogP contribution in [0.25, 0.3) is 0 Å². The molecule has 0 radical (unpaired) electrons. The van der Waals surface area contributed by atoms with Crippen molar-refractivity contribution in [3.63, 3.8) is 0 Å². The van der Waals surface area contributed by atoms with Crippen LogP contribution in [0.2, 0.25) is 0 Å². The molecule has 0 saturated carbocycles. The van der Waals surface area contributed by atoms with E-state index in [1.807, 2.05) is 0 Å². The van der Waals surface area contributed by atoms with Gasteiger partial charge in [0.2, 0.25) is 5.91 Å². The summed E-state index contributed by atoms with van der Waals surface area (Å²) in [5.41, 5.74) is 3.47. The van der Waals surface area contributed by atoms with Crippen LogP contribution in [-0.4, -0.2) is 36.7 Å². The van der Waals surface area contributed by atoms with Crippen LogP contribution in [0, 0.1) is 5.41 Å². The van der Waals surface area contributed by atoms with E-state index in [1.165, 1.54) is 6.92 Å². The van der Waals surface area contributed by atoms with Gasteiger partial charge in [0.1, 0.15) is 5.41 Å². The Hall–Kier alpha value is -1.14. The molecule has 0 aliphatic carbocycles. The van der Waals surface area contributed by atoms with Gasteiger partial charge in [-0.25, -0.2) is 0 Å². The number of aliphatic hydroxyl groups excluding tert-OH is 1. The zero-order valence-electron chi connectivity index (χ0n) is 7.29. The van der Waals surface area contributed by atoms with E-state index in [0.717, 1.165) is 0 Å². The third-order valence-corrected chi connectivity index (χ3v) is 1.89. The summed E-state index contributed by atoms with van der Waals surface area (Å²) in [5, 5.41) is 8.92. The molecule has 0 aromatic rings. The predicted octanol–water partition coefficient (Wildman–Crippen LogP) is -1.84. The van der Waals surface area contributed by atoms with E-state index in [4.69, 9.17) is 9.84 Å². The molecule has 1 fully saturated rings. The number of hydrogen-bond acceptors (Lipinski definition) is 4. The average Bonchev–Trinajstić information content (AvgIpc) is 2.00. The van der Waals surface area contributed by atoms with Gasteiger partial charge in [-0.3, -0.25) is 20.4 Å². The van der Waals surface area contributed by atoms with Gasteiger partial charge in [-0.2, -0.15) is 0 Å². The van der Waals surface area contributed by atoms with Crippen molar-refractivity contribution in [1.82, 2.24) is 10.9 Å². The second-order valence-corrected chi connectivity index (χ2v) is 3.07. The number of nitrogens with one attached hydrogen (secondary N) is 2. The molecule has 6 heteroatoms. The molecule has 1 rings (SSSR count). The highest BCUT2D eigenvalue weighted by Gasteiger charge is 2.45. The monoisotopic (exact) mass is 188 g/mol. The third-order valence-electron chi connectivity index (χ3n) is 1.89.